The van der Waals surface area contributed by atoms with Gasteiger partial charge in [-0.15, -0.1) is 0 Å². The molecule has 1 aromatic rings. The van der Waals surface area contributed by atoms with Gasteiger partial charge >= 0.3 is 11.9 Å². The lowest BCUT2D eigenvalue weighted by Gasteiger charge is -2.26. The zero-order valence-corrected chi connectivity index (χ0v) is 13.0. The van der Waals surface area contributed by atoms with Crippen molar-refractivity contribution in [1.29, 1.82) is 0 Å². The lowest BCUT2D eigenvalue weighted by atomic mass is 9.88. The molecule has 0 amide bonds. The Balaban J connectivity index is 2.13. The van der Waals surface area contributed by atoms with Crippen LogP contribution in [0, 0.1) is 0 Å². The number of benzene rings is 1. The zero-order valence-electron chi connectivity index (χ0n) is 13.0. The van der Waals surface area contributed by atoms with Gasteiger partial charge < -0.3 is 14.4 Å². The predicted molar refractivity (Wildman–Crippen MR) is 85.7 cm³/mol. The van der Waals surface area contributed by atoms with Gasteiger partial charge in [0, 0.05) is 11.9 Å². The van der Waals surface area contributed by atoms with Gasteiger partial charge in [-0.2, -0.15) is 0 Å². The molecule has 1 aromatic carbocycles. The minimum atomic E-state index is -0.593. The first kappa shape index (κ1) is 15.1. The van der Waals surface area contributed by atoms with Crippen LogP contribution in [-0.4, -0.2) is 26.2 Å². The summed E-state index contributed by atoms with van der Waals surface area (Å²) in [6.07, 6.45) is 8.85. The molecule has 0 N–H and O–H groups in total. The van der Waals surface area contributed by atoms with E-state index in [0.717, 1.165) is 18.5 Å². The Kier molecular flexibility index (Phi) is 4.02. The van der Waals surface area contributed by atoms with Gasteiger partial charge in [0.15, 0.2) is 0 Å². The molecule has 0 unspecified atom stereocenters. The number of ether oxygens (including phenoxy) is 2. The van der Waals surface area contributed by atoms with Gasteiger partial charge in [0.2, 0.25) is 0 Å². The van der Waals surface area contributed by atoms with Crippen molar-refractivity contribution < 1.29 is 19.1 Å². The number of aryl methyl sites for hydroxylation is 2. The van der Waals surface area contributed by atoms with Gasteiger partial charge in [0.25, 0.3) is 0 Å². The van der Waals surface area contributed by atoms with Crippen molar-refractivity contribution in [3.05, 3.63) is 65.0 Å². The first-order chi connectivity index (χ1) is 11.2. The number of esters is 2. The Bertz CT molecular complexity index is 758. The highest BCUT2D eigenvalue weighted by Gasteiger charge is 2.28. The van der Waals surface area contributed by atoms with Crippen LogP contribution in [0.25, 0.3) is 0 Å². The molecule has 1 aliphatic heterocycles. The summed E-state index contributed by atoms with van der Waals surface area (Å²) in [5.41, 5.74) is 3.69. The number of methoxy groups -OCH3 is 2. The lowest BCUT2D eigenvalue weighted by Crippen LogP contribution is -2.27. The quantitative estimate of drug-likeness (QED) is 0.802. The maximum atomic E-state index is 12.3. The molecule has 3 rings (SSSR count). The fraction of sp³-hybridized carbons (Fsp3) is 0.222. The smallest absolute Gasteiger partial charge is 0.355 e. The third kappa shape index (κ3) is 2.65. The molecule has 0 spiro atoms. The van der Waals surface area contributed by atoms with Gasteiger partial charge in [-0.05, 0) is 48.3 Å². The molecule has 118 valence electrons. The van der Waals surface area contributed by atoms with Gasteiger partial charge in [-0.1, -0.05) is 12.1 Å². The Morgan fingerprint density at radius 1 is 1.00 bits per heavy atom. The molecule has 0 saturated heterocycles. The van der Waals surface area contributed by atoms with Crippen LogP contribution < -0.4 is 4.90 Å². The number of rotatable bonds is 3. The monoisotopic (exact) mass is 311 g/mol. The lowest BCUT2D eigenvalue weighted by molar-refractivity contribution is -0.139. The molecule has 0 radical (unpaired) electrons. The highest BCUT2D eigenvalue weighted by molar-refractivity contribution is 6.05. The molecular weight excluding hydrogens is 294 g/mol. The Morgan fingerprint density at radius 2 is 1.74 bits per heavy atom. The van der Waals surface area contributed by atoms with Crippen molar-refractivity contribution in [3.8, 4) is 0 Å². The standard InChI is InChI=1S/C18H17NO4/c1-22-17(20)15-5-3-4-10-19(16(15)18(21)23-2)14-9-8-12-6-7-13(12)11-14/h3-5,8-11H,6-7H2,1-2H3. The second-order valence-corrected chi connectivity index (χ2v) is 5.27. The average Bonchev–Trinajstić information content (AvgIpc) is 2.77. The molecule has 0 fully saturated rings. The minimum absolute atomic E-state index is 0.142. The van der Waals surface area contributed by atoms with Gasteiger partial charge in [0.1, 0.15) is 5.70 Å². The van der Waals surface area contributed by atoms with Gasteiger partial charge in [0.05, 0.1) is 19.8 Å². The number of carbonyl (C=O) groups excluding carboxylic acids is 2. The fourth-order valence-corrected chi connectivity index (χ4v) is 2.70. The highest BCUT2D eigenvalue weighted by atomic mass is 16.5. The molecule has 2 aliphatic rings. The van der Waals surface area contributed by atoms with Crippen LogP contribution in [0.5, 0.6) is 0 Å². The van der Waals surface area contributed by atoms with E-state index in [2.05, 4.69) is 0 Å². The summed E-state index contributed by atoms with van der Waals surface area (Å²) in [6.45, 7) is 0. The largest absolute Gasteiger partial charge is 0.465 e. The third-order valence-electron chi connectivity index (χ3n) is 4.02. The SMILES string of the molecule is COC(=O)C1=C(C(=O)OC)N(c2ccc3c(c2)CC3)C=CC=C1. The number of nitrogens with zero attached hydrogens (tertiary/aromatic N) is 1. The van der Waals surface area contributed by atoms with E-state index >= 15 is 0 Å². The summed E-state index contributed by atoms with van der Waals surface area (Å²) < 4.78 is 9.67. The van der Waals surface area contributed by atoms with Crippen LogP contribution in [0.15, 0.2) is 53.9 Å². The van der Waals surface area contributed by atoms with Crippen LogP contribution in [0.1, 0.15) is 11.1 Å². The van der Waals surface area contributed by atoms with Crippen LogP contribution >= 0.6 is 0 Å². The number of allylic oxidation sites excluding steroid dienone is 2. The van der Waals surface area contributed by atoms with E-state index in [4.69, 9.17) is 9.47 Å². The topological polar surface area (TPSA) is 55.8 Å². The van der Waals surface area contributed by atoms with Gasteiger partial charge in [-0.25, -0.2) is 9.59 Å². The summed E-state index contributed by atoms with van der Waals surface area (Å²) in [5, 5.41) is 0. The van der Waals surface area contributed by atoms with Crippen LogP contribution in [0.3, 0.4) is 0 Å². The number of fused-ring (bicyclic) bond motifs is 1. The highest BCUT2D eigenvalue weighted by Crippen LogP contribution is 2.31. The summed E-state index contributed by atoms with van der Waals surface area (Å²) in [4.78, 5) is 26.0. The van der Waals surface area contributed by atoms with E-state index < -0.39 is 11.9 Å². The fourth-order valence-electron chi connectivity index (χ4n) is 2.70. The Labute approximate surface area is 134 Å². The normalized spacial score (nSPS) is 15.7. The van der Waals surface area contributed by atoms with Gasteiger partial charge in [-0.3, -0.25) is 0 Å². The van der Waals surface area contributed by atoms with Crippen molar-refractivity contribution in [1.82, 2.24) is 0 Å². The summed E-state index contributed by atoms with van der Waals surface area (Å²) in [6, 6.07) is 6.02. The average molecular weight is 311 g/mol. The molecule has 0 aromatic heterocycles. The minimum Gasteiger partial charge on any atom is -0.465 e. The van der Waals surface area contributed by atoms with Crippen molar-refractivity contribution >= 4 is 17.6 Å². The molecule has 0 atom stereocenters. The summed E-state index contributed by atoms with van der Waals surface area (Å²) in [5.74, 6) is -1.18. The number of hydrogen-bond donors (Lipinski definition) is 0. The molecule has 1 heterocycles. The molecule has 5 nitrogen and oxygen atoms in total. The van der Waals surface area contributed by atoms with Crippen LogP contribution in [-0.2, 0) is 31.9 Å². The molecule has 0 bridgehead atoms. The second-order valence-electron chi connectivity index (χ2n) is 5.27. The van der Waals surface area contributed by atoms with Crippen molar-refractivity contribution in [2.24, 2.45) is 0 Å². The molecule has 1 aliphatic carbocycles. The summed E-state index contributed by atoms with van der Waals surface area (Å²) in [7, 11) is 2.57. The van der Waals surface area contributed by atoms with E-state index in [-0.39, 0.29) is 11.3 Å². The molecule has 0 saturated carbocycles. The predicted octanol–water partition coefficient (Wildman–Crippen LogP) is 2.28. The maximum absolute atomic E-state index is 12.3. The van der Waals surface area contributed by atoms with Crippen molar-refractivity contribution in [2.75, 3.05) is 19.1 Å². The van der Waals surface area contributed by atoms with E-state index in [0.29, 0.717) is 0 Å². The second kappa shape index (κ2) is 6.12. The van der Waals surface area contributed by atoms with E-state index in [1.165, 1.54) is 25.3 Å². The Morgan fingerprint density at radius 3 is 2.35 bits per heavy atom. The Hall–Kier alpha value is -2.82. The van der Waals surface area contributed by atoms with E-state index in [9.17, 15) is 9.59 Å². The maximum Gasteiger partial charge on any atom is 0.355 e. The van der Waals surface area contributed by atoms with Crippen LogP contribution in [0.4, 0.5) is 5.69 Å². The first-order valence-corrected chi connectivity index (χ1v) is 7.32. The number of hydrogen-bond acceptors (Lipinski definition) is 5. The summed E-state index contributed by atoms with van der Waals surface area (Å²) >= 11 is 0. The van der Waals surface area contributed by atoms with Crippen LogP contribution in [0.2, 0.25) is 0 Å². The molecule has 5 heteroatoms. The third-order valence-corrected chi connectivity index (χ3v) is 4.02. The zero-order chi connectivity index (χ0) is 16.4. The van der Waals surface area contributed by atoms with Crippen molar-refractivity contribution in [2.45, 2.75) is 12.8 Å². The molecular formula is C18H17NO4. The van der Waals surface area contributed by atoms with E-state index in [1.807, 2.05) is 18.2 Å². The number of carbonyl (C=O) groups is 2. The first-order valence-electron chi connectivity index (χ1n) is 7.32. The van der Waals surface area contributed by atoms with E-state index in [1.54, 1.807) is 29.3 Å². The van der Waals surface area contributed by atoms with Crippen molar-refractivity contribution in [3.63, 3.8) is 0 Å². The number of anilines is 1. The molecule has 23 heavy (non-hydrogen) atoms.